The Labute approximate surface area is 43.4 Å². The molecule has 0 rings (SSSR count). The van der Waals surface area contributed by atoms with Gasteiger partial charge in [0.05, 0.1) is 0 Å². The fraction of sp³-hybridized carbons (Fsp3) is 0. The molecule has 0 bridgehead atoms. The largest absolute Gasteiger partial charge is 0.381 e. The Morgan fingerprint density at radius 1 is 1.25 bits per heavy atom. The van der Waals surface area contributed by atoms with Crippen LogP contribution in [0.1, 0.15) is 0 Å². The standard InChI is InChI=1S/Al.OSi.Si/c;1-2;. The second kappa shape index (κ2) is 49.1. The van der Waals surface area contributed by atoms with E-state index in [-0.39, 0.29) is 28.3 Å². The van der Waals surface area contributed by atoms with Crippen LogP contribution in [0.25, 0.3) is 0 Å². The molecule has 0 spiro atoms. The lowest BCUT2D eigenvalue weighted by Gasteiger charge is -0.803. The second-order valence-electron chi connectivity index (χ2n) is 0. The maximum absolute atomic E-state index is 8.06. The average Bonchev–Trinajstić information content (AvgIpc) is 1.00. The fourth-order valence-corrected chi connectivity index (χ4v) is 0. The minimum absolute atomic E-state index is 0. The summed E-state index contributed by atoms with van der Waals surface area (Å²) in [4.78, 5) is 0. The topological polar surface area (TPSA) is 17.1 Å². The monoisotopic (exact) mass is 98.9 g/mol. The van der Waals surface area contributed by atoms with Crippen LogP contribution in [0.5, 0.6) is 0 Å². The van der Waals surface area contributed by atoms with Gasteiger partial charge in [0.25, 0.3) is 0 Å². The zero-order chi connectivity index (χ0) is 2.00. The van der Waals surface area contributed by atoms with Gasteiger partial charge in [-0.2, -0.15) is 0 Å². The molecular weight excluding hydrogens is 99.2 g/mol. The second-order valence-corrected chi connectivity index (χ2v) is 0. The summed E-state index contributed by atoms with van der Waals surface area (Å²) in [5, 5.41) is 0. The fourth-order valence-electron chi connectivity index (χ4n) is 0. The first-order valence-corrected chi connectivity index (χ1v) is 0.612. The molecule has 0 saturated carbocycles. The number of rotatable bonds is 0. The van der Waals surface area contributed by atoms with Crippen molar-refractivity contribution >= 4 is 38.5 Å². The summed E-state index contributed by atoms with van der Waals surface area (Å²) in [5.74, 6) is 0. The molecule has 1 nitrogen and oxygen atoms in total. The summed E-state index contributed by atoms with van der Waals surface area (Å²) in [6.07, 6.45) is 0. The summed E-state index contributed by atoms with van der Waals surface area (Å²) in [6, 6.07) is 0. The van der Waals surface area contributed by atoms with Crippen molar-refractivity contribution in [2.24, 2.45) is 0 Å². The minimum Gasteiger partial charge on any atom is -0.381 e. The molecular formula is AlOSi2. The van der Waals surface area contributed by atoms with Crippen molar-refractivity contribution < 1.29 is 4.46 Å². The van der Waals surface area contributed by atoms with E-state index in [0.29, 0.717) is 0 Å². The molecule has 0 aliphatic rings. The van der Waals surface area contributed by atoms with Gasteiger partial charge in [0.2, 0.25) is 0 Å². The van der Waals surface area contributed by atoms with E-state index in [1.165, 1.54) is 0 Å². The summed E-state index contributed by atoms with van der Waals surface area (Å²) < 4.78 is 8.06. The van der Waals surface area contributed by atoms with E-state index in [0.717, 1.165) is 0 Å². The van der Waals surface area contributed by atoms with Crippen molar-refractivity contribution in [3.05, 3.63) is 0 Å². The third-order valence-electron chi connectivity index (χ3n) is 0. The molecule has 0 unspecified atom stereocenters. The maximum Gasteiger partial charge on any atom is 0.381 e. The van der Waals surface area contributed by atoms with Gasteiger partial charge in [-0.05, 0) is 0 Å². The molecule has 0 amide bonds. The molecule has 0 aliphatic carbocycles. The summed E-state index contributed by atoms with van der Waals surface area (Å²) >= 11 is 0. The van der Waals surface area contributed by atoms with Crippen LogP contribution in [0.4, 0.5) is 0 Å². The van der Waals surface area contributed by atoms with Crippen LogP contribution in [0.2, 0.25) is 0 Å². The number of hydrogen-bond donors (Lipinski definition) is 0. The first-order chi connectivity index (χ1) is 1.00. The molecule has 9 radical (unpaired) electrons. The van der Waals surface area contributed by atoms with Crippen LogP contribution in [0.15, 0.2) is 0 Å². The van der Waals surface area contributed by atoms with Crippen LogP contribution in [-0.4, -0.2) is 38.5 Å². The Bertz CT molecular complexity index is 6.00. The third-order valence-corrected chi connectivity index (χ3v) is 0. The highest BCUT2D eigenvalue weighted by atomic mass is 28.1. The molecule has 0 aromatic heterocycles. The molecule has 0 fully saturated rings. The van der Waals surface area contributed by atoms with E-state index in [1.807, 2.05) is 0 Å². The van der Waals surface area contributed by atoms with E-state index in [4.69, 9.17) is 4.46 Å². The SMILES string of the molecule is O=[Si].[Al].[Si]. The Balaban J connectivity index is -0.00000000500. The van der Waals surface area contributed by atoms with Gasteiger partial charge in [0, 0.05) is 28.3 Å². The zero-order valence-electron chi connectivity index (χ0n) is 1.99. The predicted molar refractivity (Wildman–Crippen MR) is 17.9 cm³/mol. The van der Waals surface area contributed by atoms with Crippen molar-refractivity contribution in [3.8, 4) is 0 Å². The molecule has 0 heterocycles. The van der Waals surface area contributed by atoms with Crippen molar-refractivity contribution in [2.45, 2.75) is 0 Å². The summed E-state index contributed by atoms with van der Waals surface area (Å²) in [5.41, 5.74) is 0. The highest BCUT2D eigenvalue weighted by Crippen LogP contribution is 0.469. The Hall–Kier alpha value is 0.766. The van der Waals surface area contributed by atoms with Gasteiger partial charge in [0.15, 0.2) is 0 Å². The Morgan fingerprint density at radius 2 is 1.25 bits per heavy atom. The van der Waals surface area contributed by atoms with E-state index < -0.39 is 0 Å². The van der Waals surface area contributed by atoms with Crippen LogP contribution in [0, 0.1) is 0 Å². The lowest BCUT2D eigenvalue weighted by molar-refractivity contribution is 0.590. The van der Waals surface area contributed by atoms with E-state index in [1.54, 1.807) is 10.1 Å². The smallest absolute Gasteiger partial charge is 0.381 e. The Morgan fingerprint density at radius 3 is 1.25 bits per heavy atom. The molecule has 0 aromatic carbocycles. The third kappa shape index (κ3) is 14.7. The number of hydrogen-bond acceptors (Lipinski definition) is 1. The van der Waals surface area contributed by atoms with Gasteiger partial charge in [-0.25, -0.2) is 0 Å². The van der Waals surface area contributed by atoms with Gasteiger partial charge in [0.1, 0.15) is 0 Å². The van der Waals surface area contributed by atoms with Gasteiger partial charge >= 0.3 is 10.1 Å². The normalized spacial score (nSPS) is 1.00. The molecule has 4 heavy (non-hydrogen) atoms. The quantitative estimate of drug-likeness (QED) is 0.346. The van der Waals surface area contributed by atoms with Crippen LogP contribution < -0.4 is 0 Å². The highest BCUT2D eigenvalue weighted by Gasteiger charge is 0.803. The van der Waals surface area contributed by atoms with Crippen molar-refractivity contribution in [3.63, 3.8) is 0 Å². The van der Waals surface area contributed by atoms with Crippen molar-refractivity contribution in [1.82, 2.24) is 0 Å². The zero-order valence-corrected chi connectivity index (χ0v) is 5.14. The predicted octanol–water partition coefficient (Wildman–Crippen LogP) is -1.26. The van der Waals surface area contributed by atoms with Crippen LogP contribution in [-0.2, 0) is 4.46 Å². The van der Waals surface area contributed by atoms with E-state index in [2.05, 4.69) is 0 Å². The first kappa shape index (κ1) is 21.7. The molecule has 0 N–H and O–H groups in total. The molecule has 0 aromatic rings. The molecule has 0 aliphatic heterocycles. The van der Waals surface area contributed by atoms with Crippen LogP contribution >= 0.6 is 0 Å². The minimum atomic E-state index is 0. The van der Waals surface area contributed by atoms with Crippen molar-refractivity contribution in [1.29, 1.82) is 0 Å². The first-order valence-electron chi connectivity index (χ1n) is 0.204. The summed E-state index contributed by atoms with van der Waals surface area (Å²) in [7, 11) is 1.72. The van der Waals surface area contributed by atoms with Gasteiger partial charge in [-0.15, -0.1) is 0 Å². The summed E-state index contributed by atoms with van der Waals surface area (Å²) in [6.45, 7) is 0. The molecule has 0 atom stereocenters. The van der Waals surface area contributed by atoms with Crippen molar-refractivity contribution in [2.75, 3.05) is 0 Å². The van der Waals surface area contributed by atoms with E-state index in [9.17, 15) is 0 Å². The molecule has 4 heteroatoms. The van der Waals surface area contributed by atoms with Crippen LogP contribution in [0.3, 0.4) is 0 Å². The lowest BCUT2D eigenvalue weighted by atomic mass is 16.0. The molecule has 0 saturated heterocycles. The average molecular weight is 99.2 g/mol. The maximum atomic E-state index is 8.06. The van der Waals surface area contributed by atoms with Gasteiger partial charge in [-0.1, -0.05) is 0 Å². The highest BCUT2D eigenvalue weighted by molar-refractivity contribution is 5.85. The molecule has 17 valence electrons. The lowest BCUT2D eigenvalue weighted by Crippen LogP contribution is -0.969. The Kier molecular flexibility index (Phi) is 266. The van der Waals surface area contributed by atoms with E-state index >= 15 is 0 Å². The van der Waals surface area contributed by atoms with Gasteiger partial charge < -0.3 is 4.46 Å². The van der Waals surface area contributed by atoms with Gasteiger partial charge in [-0.3, -0.25) is 0 Å².